The maximum absolute atomic E-state index is 12.9. The van der Waals surface area contributed by atoms with Gasteiger partial charge in [-0.25, -0.2) is 9.97 Å². The van der Waals surface area contributed by atoms with Crippen LogP contribution >= 0.6 is 0 Å². The average molecular weight is 482 g/mol. The van der Waals surface area contributed by atoms with E-state index in [-0.39, 0.29) is 18.7 Å². The zero-order valence-electron chi connectivity index (χ0n) is 20.5. The number of aryl methyl sites for hydroxylation is 1. The Bertz CT molecular complexity index is 1460. The predicted molar refractivity (Wildman–Crippen MR) is 136 cm³/mol. The van der Waals surface area contributed by atoms with Gasteiger partial charge in [0.15, 0.2) is 5.82 Å². The van der Waals surface area contributed by atoms with Gasteiger partial charge in [-0.3, -0.25) is 19.2 Å². The summed E-state index contributed by atoms with van der Waals surface area (Å²) in [6.45, 7) is 4.67. The minimum absolute atomic E-state index is 0.00586. The van der Waals surface area contributed by atoms with Crippen LogP contribution in [0.2, 0.25) is 0 Å². The second-order valence-corrected chi connectivity index (χ2v) is 9.34. The molecule has 0 fully saturated rings. The fraction of sp³-hybridized carbons (Fsp3) is 0.250. The van der Waals surface area contributed by atoms with Crippen molar-refractivity contribution in [3.8, 4) is 22.5 Å². The van der Waals surface area contributed by atoms with Gasteiger partial charge in [-0.15, -0.1) is 0 Å². The van der Waals surface area contributed by atoms with Crippen molar-refractivity contribution in [2.45, 2.75) is 39.2 Å². The van der Waals surface area contributed by atoms with Crippen molar-refractivity contribution in [1.82, 2.24) is 19.7 Å². The molecule has 8 nitrogen and oxygen atoms in total. The smallest absolute Gasteiger partial charge is 0.309 e. The van der Waals surface area contributed by atoms with Crippen LogP contribution in [0.3, 0.4) is 0 Å². The number of benzene rings is 2. The van der Waals surface area contributed by atoms with Crippen LogP contribution in [0.1, 0.15) is 42.1 Å². The highest BCUT2D eigenvalue weighted by molar-refractivity contribution is 6.00. The first kappa shape index (κ1) is 23.4. The highest BCUT2D eigenvalue weighted by Crippen LogP contribution is 2.33. The number of nitrogens with zero attached hydrogens (tertiary/aromatic N) is 5. The molecule has 2 aromatic heterocycles. The Morgan fingerprint density at radius 2 is 1.81 bits per heavy atom. The van der Waals surface area contributed by atoms with Gasteiger partial charge in [0, 0.05) is 29.9 Å². The van der Waals surface area contributed by atoms with E-state index in [0.717, 1.165) is 27.8 Å². The molecule has 1 amide bonds. The highest BCUT2D eigenvalue weighted by atomic mass is 16.4. The molecule has 0 saturated heterocycles. The zero-order chi connectivity index (χ0) is 25.4. The number of anilines is 1. The molecular weight excluding hydrogens is 454 g/mol. The molecule has 0 radical (unpaired) electrons. The molecule has 0 atom stereocenters. The Morgan fingerprint density at radius 3 is 2.53 bits per heavy atom. The normalized spacial score (nSPS) is 12.9. The quantitative estimate of drug-likeness (QED) is 0.420. The number of hydrogen-bond donors (Lipinski definition) is 1. The Hall–Kier alpha value is -4.33. The van der Waals surface area contributed by atoms with Gasteiger partial charge in [-0.05, 0) is 22.6 Å². The molecule has 36 heavy (non-hydrogen) atoms. The molecular formula is C28H27N5O3. The molecule has 4 aromatic rings. The number of aromatic nitrogens is 4. The largest absolute Gasteiger partial charge is 0.481 e. The van der Waals surface area contributed by atoms with Crippen LogP contribution in [0.4, 0.5) is 5.82 Å². The lowest BCUT2D eigenvalue weighted by atomic mass is 9.97. The van der Waals surface area contributed by atoms with E-state index >= 15 is 0 Å². The van der Waals surface area contributed by atoms with Crippen LogP contribution in [-0.2, 0) is 36.0 Å². The monoisotopic (exact) mass is 481 g/mol. The van der Waals surface area contributed by atoms with Crippen molar-refractivity contribution in [2.24, 2.45) is 7.05 Å². The SMILES string of the molecule is CC(C)c1ccccc1-c1ncc2c(n1)N(Cc1ccc(-c3cnn(C)c3CC(=O)O)cc1)C(=O)C2. The van der Waals surface area contributed by atoms with Gasteiger partial charge in [0.05, 0.1) is 31.3 Å². The van der Waals surface area contributed by atoms with Crippen molar-refractivity contribution in [3.05, 3.63) is 83.3 Å². The zero-order valence-corrected chi connectivity index (χ0v) is 20.5. The lowest BCUT2D eigenvalue weighted by molar-refractivity contribution is -0.136. The number of carbonyl (C=O) groups is 2. The number of aliphatic carboxylic acids is 1. The third-order valence-electron chi connectivity index (χ3n) is 6.55. The van der Waals surface area contributed by atoms with Gasteiger partial charge in [-0.1, -0.05) is 62.4 Å². The van der Waals surface area contributed by atoms with Crippen LogP contribution in [0.25, 0.3) is 22.5 Å². The summed E-state index contributed by atoms with van der Waals surface area (Å²) >= 11 is 0. The third kappa shape index (κ3) is 4.37. The molecule has 0 saturated carbocycles. The highest BCUT2D eigenvalue weighted by Gasteiger charge is 2.30. The van der Waals surface area contributed by atoms with Crippen LogP contribution in [0.5, 0.6) is 0 Å². The molecule has 3 heterocycles. The standard InChI is InChI=1S/C28H27N5O3/c1-17(2)21-6-4-5-7-22(21)27-29-14-20-12-25(34)33(28(20)31-27)16-18-8-10-19(11-9-18)23-15-30-32(3)24(23)13-26(35)36/h4-11,14-15,17H,12-13,16H2,1-3H3,(H,35,36). The fourth-order valence-electron chi connectivity index (χ4n) is 4.66. The van der Waals surface area contributed by atoms with Crippen molar-refractivity contribution < 1.29 is 14.7 Å². The van der Waals surface area contributed by atoms with Gasteiger partial charge in [0.25, 0.3) is 0 Å². The minimum Gasteiger partial charge on any atom is -0.481 e. The van der Waals surface area contributed by atoms with E-state index in [2.05, 4.69) is 30.0 Å². The van der Waals surface area contributed by atoms with Crippen molar-refractivity contribution >= 4 is 17.7 Å². The number of amides is 1. The van der Waals surface area contributed by atoms with E-state index in [1.165, 1.54) is 5.56 Å². The Labute approximate surface area is 209 Å². The Kier molecular flexibility index (Phi) is 6.10. The first-order valence-electron chi connectivity index (χ1n) is 11.9. The fourth-order valence-corrected chi connectivity index (χ4v) is 4.66. The van der Waals surface area contributed by atoms with E-state index in [1.54, 1.807) is 29.0 Å². The Morgan fingerprint density at radius 1 is 1.06 bits per heavy atom. The number of rotatable bonds is 7. The summed E-state index contributed by atoms with van der Waals surface area (Å²) in [5.74, 6) is 0.693. The number of carbonyl (C=O) groups excluding carboxylic acids is 1. The number of carboxylic acid groups (broad SMARTS) is 1. The van der Waals surface area contributed by atoms with E-state index in [1.807, 2.05) is 42.5 Å². The number of hydrogen-bond acceptors (Lipinski definition) is 5. The molecule has 0 bridgehead atoms. The lowest BCUT2D eigenvalue weighted by Gasteiger charge is -2.18. The lowest BCUT2D eigenvalue weighted by Crippen LogP contribution is -2.26. The van der Waals surface area contributed by atoms with Gasteiger partial charge < -0.3 is 5.11 Å². The molecule has 0 spiro atoms. The van der Waals surface area contributed by atoms with Crippen LogP contribution in [0, 0.1) is 0 Å². The van der Waals surface area contributed by atoms with Crippen molar-refractivity contribution in [1.29, 1.82) is 0 Å². The second-order valence-electron chi connectivity index (χ2n) is 9.34. The van der Waals surface area contributed by atoms with Crippen LogP contribution in [0.15, 0.2) is 60.9 Å². The van der Waals surface area contributed by atoms with E-state index in [9.17, 15) is 14.7 Å². The summed E-state index contributed by atoms with van der Waals surface area (Å²) in [5, 5.41) is 13.5. The van der Waals surface area contributed by atoms with Crippen LogP contribution < -0.4 is 4.90 Å². The summed E-state index contributed by atoms with van der Waals surface area (Å²) in [4.78, 5) is 35.3. The van der Waals surface area contributed by atoms with Crippen molar-refractivity contribution in [2.75, 3.05) is 4.90 Å². The summed E-state index contributed by atoms with van der Waals surface area (Å²) < 4.78 is 1.59. The maximum atomic E-state index is 12.9. The molecule has 1 N–H and O–H groups in total. The molecule has 0 unspecified atom stereocenters. The minimum atomic E-state index is -0.903. The molecule has 1 aliphatic heterocycles. The van der Waals surface area contributed by atoms with Gasteiger partial charge in [0.1, 0.15) is 5.82 Å². The van der Waals surface area contributed by atoms with E-state index < -0.39 is 5.97 Å². The molecule has 182 valence electrons. The van der Waals surface area contributed by atoms with Gasteiger partial charge in [0.2, 0.25) is 5.91 Å². The second kappa shape index (κ2) is 9.37. The summed E-state index contributed by atoms with van der Waals surface area (Å²) in [6, 6.07) is 15.9. The van der Waals surface area contributed by atoms with E-state index in [0.29, 0.717) is 29.8 Å². The molecule has 5 rings (SSSR count). The predicted octanol–water partition coefficient (Wildman–Crippen LogP) is 4.38. The molecule has 2 aromatic carbocycles. The summed E-state index contributed by atoms with van der Waals surface area (Å²) in [6.07, 6.45) is 3.63. The van der Waals surface area contributed by atoms with Gasteiger partial charge >= 0.3 is 5.97 Å². The number of fused-ring (bicyclic) bond motifs is 1. The number of carboxylic acids is 1. The van der Waals surface area contributed by atoms with Crippen LogP contribution in [-0.4, -0.2) is 36.7 Å². The van der Waals surface area contributed by atoms with Gasteiger partial charge in [-0.2, -0.15) is 5.10 Å². The maximum Gasteiger partial charge on any atom is 0.309 e. The average Bonchev–Trinajstić information content (AvgIpc) is 3.37. The summed E-state index contributed by atoms with van der Waals surface area (Å²) in [7, 11) is 1.74. The summed E-state index contributed by atoms with van der Waals surface area (Å²) in [5.41, 5.74) is 6.24. The first-order valence-corrected chi connectivity index (χ1v) is 11.9. The first-order chi connectivity index (χ1) is 17.3. The molecule has 0 aliphatic carbocycles. The third-order valence-corrected chi connectivity index (χ3v) is 6.55. The Balaban J connectivity index is 1.42. The topological polar surface area (TPSA) is 101 Å². The molecule has 1 aliphatic rings. The molecule has 8 heteroatoms. The van der Waals surface area contributed by atoms with E-state index in [4.69, 9.17) is 4.98 Å². The van der Waals surface area contributed by atoms with Crippen molar-refractivity contribution in [3.63, 3.8) is 0 Å².